The van der Waals surface area contributed by atoms with Crippen molar-refractivity contribution in [1.82, 2.24) is 5.32 Å². The van der Waals surface area contributed by atoms with Crippen molar-refractivity contribution >= 4 is 18.1 Å². The molecule has 1 aromatic carbocycles. The van der Waals surface area contributed by atoms with Crippen molar-refractivity contribution in [1.29, 1.82) is 0 Å². The lowest BCUT2D eigenvalue weighted by atomic mass is 9.89. The van der Waals surface area contributed by atoms with Gasteiger partial charge in [-0.15, -0.1) is 0 Å². The Balaban J connectivity index is 1.76. The third-order valence-corrected chi connectivity index (χ3v) is 4.30. The zero-order valence-corrected chi connectivity index (χ0v) is 16.6. The van der Waals surface area contributed by atoms with Crippen LogP contribution in [0, 0.1) is 5.92 Å². The molecule has 0 saturated heterocycles. The maximum Gasteiger partial charge on any atom is 0.407 e. The molecule has 5 nitrogen and oxygen atoms in total. The van der Waals surface area contributed by atoms with Gasteiger partial charge < -0.3 is 14.8 Å². The number of carbonyl (C=O) groups is 2. The molecular formula is C22H31NO4. The lowest BCUT2D eigenvalue weighted by molar-refractivity contribution is -0.139. The quantitative estimate of drug-likeness (QED) is 0.428. The predicted octanol–water partition coefficient (Wildman–Crippen LogP) is 5.10. The standard InChI is InChI=1S/C22H31NO4/c1-22(2,3)27-21(25)23-15-8-7-10-17-11-9-14-19(16-17)26-20(24)18-12-5-4-6-13-18/h7,9-11,14,16,18H,4-6,8,12-13,15H2,1-3H3,(H,23,25)/b10-7+. The smallest absolute Gasteiger partial charge is 0.407 e. The van der Waals surface area contributed by atoms with E-state index in [1.165, 1.54) is 6.42 Å². The average molecular weight is 373 g/mol. The molecule has 1 N–H and O–H groups in total. The van der Waals surface area contributed by atoms with Crippen LogP contribution >= 0.6 is 0 Å². The molecule has 27 heavy (non-hydrogen) atoms. The third-order valence-electron chi connectivity index (χ3n) is 4.30. The Labute approximate surface area is 162 Å². The van der Waals surface area contributed by atoms with Gasteiger partial charge in [0, 0.05) is 6.54 Å². The number of hydrogen-bond donors (Lipinski definition) is 1. The summed E-state index contributed by atoms with van der Waals surface area (Å²) >= 11 is 0. The van der Waals surface area contributed by atoms with E-state index in [4.69, 9.17) is 9.47 Å². The Morgan fingerprint density at radius 1 is 1.19 bits per heavy atom. The van der Waals surface area contributed by atoms with Crippen molar-refractivity contribution in [3.63, 3.8) is 0 Å². The van der Waals surface area contributed by atoms with Crippen molar-refractivity contribution in [2.45, 2.75) is 64.9 Å². The van der Waals surface area contributed by atoms with Crippen LogP contribution in [-0.2, 0) is 9.53 Å². The Kier molecular flexibility index (Phi) is 7.89. The molecule has 5 heteroatoms. The van der Waals surface area contributed by atoms with E-state index < -0.39 is 11.7 Å². The highest BCUT2D eigenvalue weighted by Gasteiger charge is 2.22. The van der Waals surface area contributed by atoms with Crippen LogP contribution in [0.3, 0.4) is 0 Å². The first kappa shape index (κ1) is 21.0. The minimum absolute atomic E-state index is 0.0388. The van der Waals surface area contributed by atoms with Crippen LogP contribution in [0.2, 0.25) is 0 Å². The number of hydrogen-bond acceptors (Lipinski definition) is 4. The van der Waals surface area contributed by atoms with Crippen LogP contribution in [0.25, 0.3) is 6.08 Å². The fourth-order valence-electron chi connectivity index (χ4n) is 3.01. The molecule has 1 aliphatic carbocycles. The minimum Gasteiger partial charge on any atom is -0.444 e. The molecule has 0 bridgehead atoms. The Bertz CT molecular complexity index is 655. The first-order chi connectivity index (χ1) is 12.8. The number of nitrogens with one attached hydrogen (secondary N) is 1. The normalized spacial score (nSPS) is 15.5. The lowest BCUT2D eigenvalue weighted by Gasteiger charge is -2.19. The SMILES string of the molecule is CC(C)(C)OC(=O)NCC/C=C/c1cccc(OC(=O)C2CCCCC2)c1. The summed E-state index contributed by atoms with van der Waals surface area (Å²) in [5.74, 6) is 0.508. The third kappa shape index (κ3) is 8.29. The summed E-state index contributed by atoms with van der Waals surface area (Å²) in [4.78, 5) is 23.8. The van der Waals surface area contributed by atoms with Crippen molar-refractivity contribution in [3.05, 3.63) is 35.9 Å². The second-order valence-electron chi connectivity index (χ2n) is 7.95. The van der Waals surface area contributed by atoms with E-state index in [2.05, 4.69) is 5.32 Å². The van der Waals surface area contributed by atoms with Crippen molar-refractivity contribution < 1.29 is 19.1 Å². The van der Waals surface area contributed by atoms with Gasteiger partial charge in [0.2, 0.25) is 0 Å². The van der Waals surface area contributed by atoms with E-state index in [0.717, 1.165) is 31.2 Å². The van der Waals surface area contributed by atoms with Gasteiger partial charge in [-0.1, -0.05) is 43.5 Å². The van der Waals surface area contributed by atoms with E-state index in [0.29, 0.717) is 18.7 Å². The maximum absolute atomic E-state index is 12.2. The number of alkyl carbamates (subject to hydrolysis) is 1. The van der Waals surface area contributed by atoms with E-state index >= 15 is 0 Å². The highest BCUT2D eigenvalue weighted by atomic mass is 16.6. The van der Waals surface area contributed by atoms with Gasteiger partial charge in [-0.25, -0.2) is 4.79 Å². The van der Waals surface area contributed by atoms with Gasteiger partial charge in [-0.05, 0) is 57.7 Å². The summed E-state index contributed by atoms with van der Waals surface area (Å²) in [6.07, 6.45) is 9.51. The number of carbonyl (C=O) groups excluding carboxylic acids is 2. The molecule has 0 aromatic heterocycles. The summed E-state index contributed by atoms with van der Waals surface area (Å²) in [6.45, 7) is 6.00. The Hall–Kier alpha value is -2.30. The van der Waals surface area contributed by atoms with Crippen molar-refractivity contribution in [3.8, 4) is 5.75 Å². The molecule has 0 radical (unpaired) electrons. The molecule has 1 saturated carbocycles. The summed E-state index contributed by atoms with van der Waals surface area (Å²) in [6, 6.07) is 7.50. The van der Waals surface area contributed by atoms with Crippen LogP contribution in [0.15, 0.2) is 30.3 Å². The molecule has 0 aliphatic heterocycles. The van der Waals surface area contributed by atoms with Gasteiger partial charge in [0.15, 0.2) is 0 Å². The molecule has 1 fully saturated rings. The van der Waals surface area contributed by atoms with Gasteiger partial charge in [0.1, 0.15) is 11.4 Å². The highest BCUT2D eigenvalue weighted by molar-refractivity contribution is 5.75. The molecule has 1 aliphatic rings. The second kappa shape index (κ2) is 10.1. The molecule has 0 unspecified atom stereocenters. The minimum atomic E-state index is -0.491. The number of benzene rings is 1. The van der Waals surface area contributed by atoms with E-state index in [9.17, 15) is 9.59 Å². The van der Waals surface area contributed by atoms with E-state index in [1.807, 2.05) is 57.2 Å². The number of amides is 1. The summed E-state index contributed by atoms with van der Waals surface area (Å²) in [5, 5.41) is 2.72. The fraction of sp³-hybridized carbons (Fsp3) is 0.545. The van der Waals surface area contributed by atoms with Crippen LogP contribution in [0.4, 0.5) is 4.79 Å². The first-order valence-electron chi connectivity index (χ1n) is 9.79. The zero-order chi connectivity index (χ0) is 19.7. The molecule has 0 spiro atoms. The monoisotopic (exact) mass is 373 g/mol. The maximum atomic E-state index is 12.2. The molecule has 1 aromatic rings. The van der Waals surface area contributed by atoms with Crippen LogP contribution in [0.1, 0.15) is 64.9 Å². The van der Waals surface area contributed by atoms with Gasteiger partial charge in [0.05, 0.1) is 5.92 Å². The van der Waals surface area contributed by atoms with E-state index in [-0.39, 0.29) is 11.9 Å². The molecule has 1 amide bonds. The molecular weight excluding hydrogens is 342 g/mol. The molecule has 0 heterocycles. The summed E-state index contributed by atoms with van der Waals surface area (Å²) in [5.41, 5.74) is 0.469. The highest BCUT2D eigenvalue weighted by Crippen LogP contribution is 2.26. The second-order valence-corrected chi connectivity index (χ2v) is 7.95. The summed E-state index contributed by atoms with van der Waals surface area (Å²) < 4.78 is 10.7. The van der Waals surface area contributed by atoms with Crippen LogP contribution in [0.5, 0.6) is 5.75 Å². The van der Waals surface area contributed by atoms with Gasteiger partial charge in [-0.3, -0.25) is 4.79 Å². The number of ether oxygens (including phenoxy) is 2. The van der Waals surface area contributed by atoms with Gasteiger partial charge in [0.25, 0.3) is 0 Å². The molecule has 148 valence electrons. The molecule has 2 rings (SSSR count). The van der Waals surface area contributed by atoms with E-state index in [1.54, 1.807) is 0 Å². The zero-order valence-electron chi connectivity index (χ0n) is 16.6. The topological polar surface area (TPSA) is 64.6 Å². The van der Waals surface area contributed by atoms with Gasteiger partial charge in [-0.2, -0.15) is 0 Å². The number of esters is 1. The average Bonchev–Trinajstić information content (AvgIpc) is 2.61. The van der Waals surface area contributed by atoms with Crippen LogP contribution in [-0.4, -0.2) is 24.2 Å². The van der Waals surface area contributed by atoms with Crippen LogP contribution < -0.4 is 10.1 Å². The van der Waals surface area contributed by atoms with Crippen molar-refractivity contribution in [2.75, 3.05) is 6.54 Å². The lowest BCUT2D eigenvalue weighted by Crippen LogP contribution is -2.32. The fourth-order valence-corrected chi connectivity index (χ4v) is 3.01. The predicted molar refractivity (Wildman–Crippen MR) is 107 cm³/mol. The summed E-state index contributed by atoms with van der Waals surface area (Å²) in [7, 11) is 0. The Morgan fingerprint density at radius 3 is 2.63 bits per heavy atom. The Morgan fingerprint density at radius 2 is 1.93 bits per heavy atom. The van der Waals surface area contributed by atoms with Crippen molar-refractivity contribution in [2.24, 2.45) is 5.92 Å². The first-order valence-corrected chi connectivity index (χ1v) is 9.79. The number of rotatable bonds is 6. The molecule has 0 atom stereocenters. The van der Waals surface area contributed by atoms with Gasteiger partial charge >= 0.3 is 12.1 Å². The largest absolute Gasteiger partial charge is 0.444 e.